The number of aryl methyl sites for hydroxylation is 1. The first kappa shape index (κ1) is 21.8. The topological polar surface area (TPSA) is 48.9 Å². The van der Waals surface area contributed by atoms with Crippen molar-refractivity contribution in [2.45, 2.75) is 19.9 Å². The van der Waals surface area contributed by atoms with Crippen molar-refractivity contribution in [2.75, 3.05) is 38.7 Å². The highest BCUT2D eigenvalue weighted by atomic mass is 127. The fourth-order valence-electron chi connectivity index (χ4n) is 3.25. The highest BCUT2D eigenvalue weighted by molar-refractivity contribution is 14.0. The zero-order chi connectivity index (χ0) is 18.4. The second kappa shape index (κ2) is 10.8. The molecule has 2 N–H and O–H groups in total. The maximum absolute atomic E-state index is 5.34. The van der Waals surface area contributed by atoms with Crippen LogP contribution < -0.4 is 20.3 Å². The number of rotatable bonds is 6. The van der Waals surface area contributed by atoms with E-state index in [2.05, 4.69) is 57.1 Å². The number of ether oxygens (including phenoxy) is 1. The van der Waals surface area contributed by atoms with Gasteiger partial charge in [0.1, 0.15) is 5.75 Å². The summed E-state index contributed by atoms with van der Waals surface area (Å²) in [5, 5.41) is 9.03. The second-order valence-electron chi connectivity index (χ2n) is 6.64. The standard InChI is InChI=1S/C20H28N4OS.HI/c1-15-8-10-26-19(15)13-23-20(21-2)22-12-16-7-9-24(14-16)17-5-4-6-18(11-17)25-3;/h4-6,8,10-11,16H,7,9,12-14H2,1-3H3,(H2,21,22,23);1H. The van der Waals surface area contributed by atoms with Crippen molar-refractivity contribution >= 4 is 47.0 Å². The monoisotopic (exact) mass is 500 g/mol. The Hall–Kier alpha value is -1.48. The summed E-state index contributed by atoms with van der Waals surface area (Å²) in [6.07, 6.45) is 1.19. The van der Waals surface area contributed by atoms with Crippen LogP contribution in [-0.2, 0) is 6.54 Å². The molecule has 0 saturated carbocycles. The highest BCUT2D eigenvalue weighted by Crippen LogP contribution is 2.26. The summed E-state index contributed by atoms with van der Waals surface area (Å²) in [6, 6.07) is 10.5. The molecule has 1 atom stereocenters. The molecule has 1 saturated heterocycles. The quantitative estimate of drug-likeness (QED) is 0.359. The van der Waals surface area contributed by atoms with E-state index in [9.17, 15) is 0 Å². The predicted octanol–water partition coefficient (Wildman–Crippen LogP) is 3.87. The molecular formula is C20H29IN4OS. The van der Waals surface area contributed by atoms with Gasteiger partial charge in [0.15, 0.2) is 5.96 Å². The van der Waals surface area contributed by atoms with Gasteiger partial charge >= 0.3 is 0 Å². The van der Waals surface area contributed by atoms with Crippen LogP contribution >= 0.6 is 35.3 Å². The third-order valence-electron chi connectivity index (χ3n) is 4.87. The molecular weight excluding hydrogens is 471 g/mol. The molecule has 3 rings (SSSR count). The summed E-state index contributed by atoms with van der Waals surface area (Å²) in [5.74, 6) is 2.40. The van der Waals surface area contributed by atoms with Crippen molar-refractivity contribution in [3.63, 3.8) is 0 Å². The van der Waals surface area contributed by atoms with Crippen molar-refractivity contribution < 1.29 is 4.74 Å². The number of anilines is 1. The van der Waals surface area contributed by atoms with Gasteiger partial charge in [0.2, 0.25) is 0 Å². The minimum Gasteiger partial charge on any atom is -0.497 e. The summed E-state index contributed by atoms with van der Waals surface area (Å²) in [5.41, 5.74) is 2.57. The van der Waals surface area contributed by atoms with E-state index in [4.69, 9.17) is 4.74 Å². The van der Waals surface area contributed by atoms with Gasteiger partial charge in [0.25, 0.3) is 0 Å². The number of hydrogen-bond acceptors (Lipinski definition) is 4. The van der Waals surface area contributed by atoms with Crippen LogP contribution in [0.3, 0.4) is 0 Å². The number of halogens is 1. The Morgan fingerprint density at radius 1 is 1.33 bits per heavy atom. The number of nitrogens with zero attached hydrogens (tertiary/aromatic N) is 2. The van der Waals surface area contributed by atoms with Gasteiger partial charge in [-0.2, -0.15) is 0 Å². The Labute approximate surface area is 183 Å². The molecule has 0 aliphatic carbocycles. The lowest BCUT2D eigenvalue weighted by Gasteiger charge is -2.20. The van der Waals surface area contributed by atoms with E-state index < -0.39 is 0 Å². The minimum absolute atomic E-state index is 0. The largest absolute Gasteiger partial charge is 0.497 e. The van der Waals surface area contributed by atoms with E-state index in [1.165, 1.54) is 22.5 Å². The first-order valence-corrected chi connectivity index (χ1v) is 9.94. The summed E-state index contributed by atoms with van der Waals surface area (Å²) in [6.45, 7) is 6.05. The van der Waals surface area contributed by atoms with Gasteiger partial charge < -0.3 is 20.3 Å². The number of guanidine groups is 1. The summed E-state index contributed by atoms with van der Waals surface area (Å²) >= 11 is 1.78. The number of hydrogen-bond donors (Lipinski definition) is 2. The average molecular weight is 500 g/mol. The smallest absolute Gasteiger partial charge is 0.191 e. The molecule has 1 aromatic carbocycles. The van der Waals surface area contributed by atoms with Gasteiger partial charge in [0.05, 0.1) is 13.7 Å². The Morgan fingerprint density at radius 3 is 2.89 bits per heavy atom. The maximum Gasteiger partial charge on any atom is 0.191 e. The van der Waals surface area contributed by atoms with Gasteiger partial charge in [-0.05, 0) is 48.4 Å². The first-order chi connectivity index (χ1) is 12.7. The zero-order valence-corrected chi connectivity index (χ0v) is 19.3. The first-order valence-electron chi connectivity index (χ1n) is 9.06. The van der Waals surface area contributed by atoms with Gasteiger partial charge in [-0.1, -0.05) is 6.07 Å². The molecule has 1 aliphatic rings. The van der Waals surface area contributed by atoms with E-state index in [1.807, 2.05) is 13.1 Å². The molecule has 7 heteroatoms. The predicted molar refractivity (Wildman–Crippen MR) is 126 cm³/mol. The van der Waals surface area contributed by atoms with E-state index in [0.717, 1.165) is 37.9 Å². The van der Waals surface area contributed by atoms with Crippen LogP contribution in [0.4, 0.5) is 5.69 Å². The van der Waals surface area contributed by atoms with Crippen molar-refractivity contribution in [2.24, 2.45) is 10.9 Å². The summed E-state index contributed by atoms with van der Waals surface area (Å²) < 4.78 is 5.34. The Balaban J connectivity index is 0.00000261. The van der Waals surface area contributed by atoms with Crippen LogP contribution in [0.2, 0.25) is 0 Å². The molecule has 27 heavy (non-hydrogen) atoms. The molecule has 1 unspecified atom stereocenters. The number of aliphatic imine (C=N–C) groups is 1. The molecule has 0 bridgehead atoms. The van der Waals surface area contributed by atoms with Crippen LogP contribution in [0.15, 0.2) is 40.7 Å². The molecule has 1 aromatic heterocycles. The molecule has 148 valence electrons. The Bertz CT molecular complexity index is 749. The lowest BCUT2D eigenvalue weighted by Crippen LogP contribution is -2.39. The SMILES string of the molecule is CN=C(NCc1sccc1C)NCC1CCN(c2cccc(OC)c2)C1.I. The summed E-state index contributed by atoms with van der Waals surface area (Å²) in [4.78, 5) is 8.14. The van der Waals surface area contributed by atoms with Crippen molar-refractivity contribution in [3.05, 3.63) is 46.2 Å². The third kappa shape index (κ3) is 6.00. The van der Waals surface area contributed by atoms with Gasteiger partial charge in [-0.3, -0.25) is 4.99 Å². The molecule has 1 fully saturated rings. The molecule has 0 amide bonds. The van der Waals surface area contributed by atoms with Crippen LogP contribution in [0.25, 0.3) is 0 Å². The molecule has 0 radical (unpaired) electrons. The molecule has 2 aromatic rings. The molecule has 2 heterocycles. The van der Waals surface area contributed by atoms with Gasteiger partial charge in [-0.25, -0.2) is 0 Å². The normalized spacial score (nSPS) is 16.8. The van der Waals surface area contributed by atoms with E-state index in [-0.39, 0.29) is 24.0 Å². The van der Waals surface area contributed by atoms with Crippen molar-refractivity contribution in [3.8, 4) is 5.75 Å². The zero-order valence-electron chi connectivity index (χ0n) is 16.2. The summed E-state index contributed by atoms with van der Waals surface area (Å²) in [7, 11) is 3.54. The van der Waals surface area contributed by atoms with Crippen LogP contribution in [0.1, 0.15) is 16.9 Å². The van der Waals surface area contributed by atoms with E-state index >= 15 is 0 Å². The highest BCUT2D eigenvalue weighted by Gasteiger charge is 2.23. The maximum atomic E-state index is 5.34. The lowest BCUT2D eigenvalue weighted by atomic mass is 10.1. The van der Waals surface area contributed by atoms with E-state index in [0.29, 0.717) is 5.92 Å². The molecule has 5 nitrogen and oxygen atoms in total. The average Bonchev–Trinajstić information content (AvgIpc) is 3.31. The van der Waals surface area contributed by atoms with Crippen LogP contribution in [0, 0.1) is 12.8 Å². The molecule has 0 spiro atoms. The number of methoxy groups -OCH3 is 1. The van der Waals surface area contributed by atoms with E-state index in [1.54, 1.807) is 18.4 Å². The van der Waals surface area contributed by atoms with Crippen LogP contribution in [0.5, 0.6) is 5.75 Å². The fourth-order valence-corrected chi connectivity index (χ4v) is 4.10. The van der Waals surface area contributed by atoms with Crippen LogP contribution in [-0.4, -0.2) is 39.8 Å². The lowest BCUT2D eigenvalue weighted by molar-refractivity contribution is 0.415. The Morgan fingerprint density at radius 2 is 2.19 bits per heavy atom. The third-order valence-corrected chi connectivity index (χ3v) is 5.89. The number of nitrogens with one attached hydrogen (secondary N) is 2. The fraction of sp³-hybridized carbons (Fsp3) is 0.450. The van der Waals surface area contributed by atoms with Crippen molar-refractivity contribution in [1.82, 2.24) is 10.6 Å². The van der Waals surface area contributed by atoms with Crippen molar-refractivity contribution in [1.29, 1.82) is 0 Å². The Kier molecular flexibility index (Phi) is 8.69. The number of thiophene rings is 1. The number of benzene rings is 1. The van der Waals surface area contributed by atoms with Gasteiger partial charge in [-0.15, -0.1) is 35.3 Å². The second-order valence-corrected chi connectivity index (χ2v) is 7.64. The minimum atomic E-state index is 0. The van der Waals surface area contributed by atoms with Gasteiger partial charge in [0, 0.05) is 43.3 Å². The molecule has 1 aliphatic heterocycles.